The van der Waals surface area contributed by atoms with Gasteiger partial charge in [-0.1, -0.05) is 28.1 Å². The minimum atomic E-state index is -0.000000000000000444. The quantitative estimate of drug-likeness (QED) is 0.797. The zero-order valence-corrected chi connectivity index (χ0v) is 13.1. The van der Waals surface area contributed by atoms with Gasteiger partial charge in [0.05, 0.1) is 15.8 Å². The van der Waals surface area contributed by atoms with Gasteiger partial charge in [0.2, 0.25) is 0 Å². The van der Waals surface area contributed by atoms with Crippen molar-refractivity contribution >= 4 is 38.5 Å². The fourth-order valence-corrected chi connectivity index (χ4v) is 2.68. The number of nitrogens with zero attached hydrogens (tertiary/aromatic N) is 2. The third kappa shape index (κ3) is 3.08. The van der Waals surface area contributed by atoms with Crippen LogP contribution in [-0.4, -0.2) is 15.8 Å². The van der Waals surface area contributed by atoms with Crippen LogP contribution in [0.15, 0.2) is 41.1 Å². The summed E-state index contributed by atoms with van der Waals surface area (Å²) >= 11 is 5.74. The second-order valence-electron chi connectivity index (χ2n) is 4.00. The lowest BCUT2D eigenvalue weighted by atomic mass is 10.0. The summed E-state index contributed by atoms with van der Waals surface area (Å²) in [6.07, 6.45) is 3.85. The molecule has 0 saturated heterocycles. The van der Waals surface area contributed by atoms with E-state index in [1.54, 1.807) is 0 Å². The average Bonchev–Trinajstić information content (AvgIpc) is 2.64. The van der Waals surface area contributed by atoms with E-state index in [0.29, 0.717) is 0 Å². The monoisotopic (exact) mass is 405 g/mol. The zero-order chi connectivity index (χ0) is 12.4. The highest BCUT2D eigenvalue weighted by atomic mass is 127. The minimum absolute atomic E-state index is 0.000000000000000444. The van der Waals surface area contributed by atoms with Gasteiger partial charge in [-0.3, -0.25) is 4.68 Å². The number of rotatable bonds is 3. The van der Waals surface area contributed by atoms with Crippen LogP contribution in [0.4, 0.5) is 0 Å². The van der Waals surface area contributed by atoms with Crippen molar-refractivity contribution in [2.24, 2.45) is 5.73 Å². The first kappa shape index (κ1) is 13.0. The number of halogens is 2. The highest BCUT2D eigenvalue weighted by molar-refractivity contribution is 14.1. The molecule has 0 spiro atoms. The molecule has 0 aliphatic rings. The Morgan fingerprint density at radius 1 is 1.47 bits per heavy atom. The van der Waals surface area contributed by atoms with Crippen molar-refractivity contribution in [3.05, 3.63) is 50.3 Å². The molecule has 0 amide bonds. The van der Waals surface area contributed by atoms with Crippen LogP contribution in [0, 0.1) is 3.57 Å². The summed E-state index contributed by atoms with van der Waals surface area (Å²) in [6.45, 7) is 2.00. The summed E-state index contributed by atoms with van der Waals surface area (Å²) in [7, 11) is 0. The predicted octanol–water partition coefficient (Wildman–Crippen LogP) is 3.19. The normalized spacial score (nSPS) is 14.6. The van der Waals surface area contributed by atoms with Crippen molar-refractivity contribution in [3.8, 4) is 0 Å². The summed E-state index contributed by atoms with van der Waals surface area (Å²) in [6, 6.07) is 8.25. The van der Waals surface area contributed by atoms with E-state index in [1.165, 1.54) is 0 Å². The lowest BCUT2D eigenvalue weighted by Gasteiger charge is -2.22. The lowest BCUT2D eigenvalue weighted by molar-refractivity contribution is 0.453. The lowest BCUT2D eigenvalue weighted by Crippen LogP contribution is -2.30. The topological polar surface area (TPSA) is 43.8 Å². The van der Waals surface area contributed by atoms with E-state index in [-0.39, 0.29) is 12.1 Å². The van der Waals surface area contributed by atoms with Crippen molar-refractivity contribution < 1.29 is 0 Å². The Morgan fingerprint density at radius 3 is 2.76 bits per heavy atom. The van der Waals surface area contributed by atoms with Crippen molar-refractivity contribution in [1.29, 1.82) is 0 Å². The van der Waals surface area contributed by atoms with E-state index in [0.717, 1.165) is 13.6 Å². The molecule has 0 aliphatic heterocycles. The Bertz CT molecular complexity index is 510. The third-order valence-corrected chi connectivity index (χ3v) is 3.59. The van der Waals surface area contributed by atoms with Gasteiger partial charge in [-0.2, -0.15) is 5.10 Å². The average molecular weight is 406 g/mol. The maximum Gasteiger partial charge on any atom is 0.0917 e. The van der Waals surface area contributed by atoms with Gasteiger partial charge in [-0.15, -0.1) is 0 Å². The van der Waals surface area contributed by atoms with E-state index >= 15 is 0 Å². The number of nitrogens with two attached hydrogens (primary N) is 1. The fraction of sp³-hybridized carbons (Fsp3) is 0.250. The highest BCUT2D eigenvalue weighted by Gasteiger charge is 2.19. The second-order valence-corrected chi connectivity index (χ2v) is 6.16. The Labute approximate surface area is 123 Å². The van der Waals surface area contributed by atoms with Crippen LogP contribution in [0.1, 0.15) is 18.5 Å². The Balaban J connectivity index is 2.42. The summed E-state index contributed by atoms with van der Waals surface area (Å²) in [5.74, 6) is 0. The van der Waals surface area contributed by atoms with Crippen molar-refractivity contribution in [2.75, 3.05) is 0 Å². The van der Waals surface area contributed by atoms with E-state index in [9.17, 15) is 0 Å². The second kappa shape index (κ2) is 5.49. The molecule has 2 rings (SSSR count). The molecule has 1 aromatic carbocycles. The minimum Gasteiger partial charge on any atom is -0.326 e. The van der Waals surface area contributed by atoms with Crippen LogP contribution < -0.4 is 5.73 Å². The number of hydrogen-bond donors (Lipinski definition) is 1. The van der Waals surface area contributed by atoms with Crippen molar-refractivity contribution in [1.82, 2.24) is 9.78 Å². The van der Waals surface area contributed by atoms with Gasteiger partial charge >= 0.3 is 0 Å². The molecule has 2 unspecified atom stereocenters. The van der Waals surface area contributed by atoms with Gasteiger partial charge in [-0.25, -0.2) is 0 Å². The largest absolute Gasteiger partial charge is 0.326 e. The summed E-state index contributed by atoms with van der Waals surface area (Å²) < 4.78 is 4.10. The molecule has 2 aromatic rings. The molecule has 0 bridgehead atoms. The van der Waals surface area contributed by atoms with Crippen LogP contribution in [0.5, 0.6) is 0 Å². The molecule has 2 N–H and O–H groups in total. The summed E-state index contributed by atoms with van der Waals surface area (Å²) in [4.78, 5) is 0. The smallest absolute Gasteiger partial charge is 0.0917 e. The SMILES string of the molecule is CC(N)C(c1cccc(Br)c1)n1cc(I)cn1. The van der Waals surface area contributed by atoms with Crippen LogP contribution in [0.3, 0.4) is 0 Å². The van der Waals surface area contributed by atoms with Gasteiger partial charge in [0.25, 0.3) is 0 Å². The van der Waals surface area contributed by atoms with Crippen molar-refractivity contribution in [3.63, 3.8) is 0 Å². The van der Waals surface area contributed by atoms with Crippen LogP contribution in [0.2, 0.25) is 0 Å². The molecular weight excluding hydrogens is 393 g/mol. The predicted molar refractivity (Wildman–Crippen MR) is 80.9 cm³/mol. The maximum atomic E-state index is 6.08. The fourth-order valence-electron chi connectivity index (χ4n) is 1.85. The van der Waals surface area contributed by atoms with Crippen LogP contribution in [0.25, 0.3) is 0 Å². The van der Waals surface area contributed by atoms with Gasteiger partial charge in [-0.05, 0) is 47.2 Å². The molecule has 0 saturated carbocycles. The number of hydrogen-bond acceptors (Lipinski definition) is 2. The summed E-state index contributed by atoms with van der Waals surface area (Å²) in [5, 5.41) is 4.36. The van der Waals surface area contributed by atoms with E-state index in [1.807, 2.05) is 36.1 Å². The molecule has 90 valence electrons. The first-order valence-corrected chi connectivity index (χ1v) is 7.16. The van der Waals surface area contributed by atoms with E-state index in [2.05, 4.69) is 55.8 Å². The molecular formula is C12H13BrIN3. The molecule has 2 atom stereocenters. The first-order chi connectivity index (χ1) is 8.08. The zero-order valence-electron chi connectivity index (χ0n) is 9.35. The standard InChI is InChI=1S/C12H13BrIN3/c1-8(15)12(17-7-11(14)6-16-17)9-3-2-4-10(13)5-9/h2-8,12H,15H2,1H3. The third-order valence-electron chi connectivity index (χ3n) is 2.54. The van der Waals surface area contributed by atoms with Crippen molar-refractivity contribution in [2.45, 2.75) is 19.0 Å². The molecule has 1 heterocycles. The van der Waals surface area contributed by atoms with E-state index in [4.69, 9.17) is 5.73 Å². The van der Waals surface area contributed by atoms with Crippen LogP contribution >= 0.6 is 38.5 Å². The highest BCUT2D eigenvalue weighted by Crippen LogP contribution is 2.24. The van der Waals surface area contributed by atoms with Gasteiger partial charge in [0, 0.05) is 16.7 Å². The van der Waals surface area contributed by atoms with Gasteiger partial charge in [0.15, 0.2) is 0 Å². The Kier molecular flexibility index (Phi) is 4.22. The molecule has 0 aliphatic carbocycles. The van der Waals surface area contributed by atoms with Gasteiger partial charge < -0.3 is 5.73 Å². The molecule has 5 heteroatoms. The molecule has 1 aromatic heterocycles. The number of aromatic nitrogens is 2. The molecule has 0 fully saturated rings. The number of benzene rings is 1. The Hall–Kier alpha value is -0.400. The maximum absolute atomic E-state index is 6.08. The molecule has 17 heavy (non-hydrogen) atoms. The first-order valence-electron chi connectivity index (χ1n) is 5.28. The molecule has 0 radical (unpaired) electrons. The van der Waals surface area contributed by atoms with E-state index < -0.39 is 0 Å². The Morgan fingerprint density at radius 2 is 2.24 bits per heavy atom. The molecule has 3 nitrogen and oxygen atoms in total. The van der Waals surface area contributed by atoms with Crippen LogP contribution in [-0.2, 0) is 0 Å². The summed E-state index contributed by atoms with van der Waals surface area (Å²) in [5.41, 5.74) is 7.24. The van der Waals surface area contributed by atoms with Gasteiger partial charge in [0.1, 0.15) is 0 Å².